The standard InChI is InChI=1S/C22H20N4O7S/c1-30-21-12-20(24-22(25-21)31-2)26-34(28,29)16-6-4-15(5-7-16)23-10-9-17(27)14-3-8-18-19(11-14)33-13-32-18/h3-12,23H,13H2,1-2H3,(H,24,25,26)/b10-9-. The Labute approximate surface area is 195 Å². The van der Waals surface area contributed by atoms with E-state index in [9.17, 15) is 13.2 Å². The zero-order chi connectivity index (χ0) is 24.1. The summed E-state index contributed by atoms with van der Waals surface area (Å²) in [6, 6.07) is 12.2. The van der Waals surface area contributed by atoms with Crippen LogP contribution in [0.2, 0.25) is 0 Å². The molecule has 2 N–H and O–H groups in total. The van der Waals surface area contributed by atoms with Crippen LogP contribution in [0, 0.1) is 0 Å². The van der Waals surface area contributed by atoms with Gasteiger partial charge >= 0.3 is 6.01 Å². The maximum atomic E-state index is 12.7. The molecule has 3 aromatic rings. The van der Waals surface area contributed by atoms with Gasteiger partial charge in [-0.1, -0.05) is 0 Å². The fourth-order valence-electron chi connectivity index (χ4n) is 2.94. The first kappa shape index (κ1) is 22.9. The van der Waals surface area contributed by atoms with E-state index in [1.165, 1.54) is 44.7 Å². The fraction of sp³-hybridized carbons (Fsp3) is 0.136. The second-order valence-corrected chi connectivity index (χ2v) is 8.50. The average molecular weight is 484 g/mol. The van der Waals surface area contributed by atoms with E-state index in [-0.39, 0.29) is 35.2 Å². The summed E-state index contributed by atoms with van der Waals surface area (Å²) >= 11 is 0. The highest BCUT2D eigenvalue weighted by Crippen LogP contribution is 2.32. The van der Waals surface area contributed by atoms with E-state index >= 15 is 0 Å². The molecule has 1 aliphatic heterocycles. The van der Waals surface area contributed by atoms with E-state index in [1.807, 2.05) is 0 Å². The van der Waals surface area contributed by atoms with Crippen LogP contribution >= 0.6 is 0 Å². The van der Waals surface area contributed by atoms with Crippen molar-refractivity contribution in [3.05, 3.63) is 66.4 Å². The van der Waals surface area contributed by atoms with Crippen molar-refractivity contribution >= 4 is 27.3 Å². The molecule has 34 heavy (non-hydrogen) atoms. The van der Waals surface area contributed by atoms with Crippen molar-refractivity contribution in [1.29, 1.82) is 0 Å². The van der Waals surface area contributed by atoms with Gasteiger partial charge in [-0.3, -0.25) is 9.52 Å². The van der Waals surface area contributed by atoms with Crippen molar-refractivity contribution in [3.63, 3.8) is 0 Å². The van der Waals surface area contributed by atoms with Gasteiger partial charge in [0.1, 0.15) is 0 Å². The lowest BCUT2D eigenvalue weighted by Crippen LogP contribution is -2.14. The largest absolute Gasteiger partial charge is 0.481 e. The third-order valence-electron chi connectivity index (χ3n) is 4.62. The molecule has 0 saturated carbocycles. The molecule has 2 heterocycles. The molecular weight excluding hydrogens is 464 g/mol. The Morgan fingerprint density at radius 1 is 1.00 bits per heavy atom. The van der Waals surface area contributed by atoms with Gasteiger partial charge in [0.15, 0.2) is 23.1 Å². The number of carbonyl (C=O) groups is 1. The minimum absolute atomic E-state index is 0.00383. The molecule has 1 aliphatic rings. The molecule has 0 atom stereocenters. The lowest BCUT2D eigenvalue weighted by atomic mass is 10.1. The molecule has 1 aromatic heterocycles. The Kier molecular flexibility index (Phi) is 6.50. The molecule has 11 nitrogen and oxygen atoms in total. The number of hydrogen-bond acceptors (Lipinski definition) is 10. The lowest BCUT2D eigenvalue weighted by molar-refractivity contribution is 0.104. The number of ether oxygens (including phenoxy) is 4. The molecule has 0 spiro atoms. The van der Waals surface area contributed by atoms with Crippen molar-refractivity contribution < 1.29 is 32.2 Å². The maximum absolute atomic E-state index is 12.7. The SMILES string of the molecule is COc1cc(NS(=O)(=O)c2ccc(N/C=C\C(=O)c3ccc4c(c3)OCO4)cc2)nc(OC)n1. The molecular formula is C22H20N4O7S. The summed E-state index contributed by atoms with van der Waals surface area (Å²) < 4.78 is 48.2. The van der Waals surface area contributed by atoms with Gasteiger partial charge in [-0.25, -0.2) is 8.42 Å². The van der Waals surface area contributed by atoms with Crippen molar-refractivity contribution in [2.75, 3.05) is 31.1 Å². The number of nitrogens with one attached hydrogen (secondary N) is 2. The highest BCUT2D eigenvalue weighted by molar-refractivity contribution is 7.92. The number of hydrogen-bond donors (Lipinski definition) is 2. The van der Waals surface area contributed by atoms with Gasteiger partial charge in [0.25, 0.3) is 10.0 Å². The van der Waals surface area contributed by atoms with Crippen LogP contribution < -0.4 is 29.0 Å². The predicted molar refractivity (Wildman–Crippen MR) is 122 cm³/mol. The molecule has 0 unspecified atom stereocenters. The fourth-order valence-corrected chi connectivity index (χ4v) is 3.93. The second-order valence-electron chi connectivity index (χ2n) is 6.82. The third kappa shape index (κ3) is 5.18. The van der Waals surface area contributed by atoms with Crippen LogP contribution in [0.3, 0.4) is 0 Å². The Bertz CT molecular complexity index is 1320. The highest BCUT2D eigenvalue weighted by Gasteiger charge is 2.17. The molecule has 0 amide bonds. The summed E-state index contributed by atoms with van der Waals surface area (Å²) in [5, 5.41) is 2.93. The first-order valence-electron chi connectivity index (χ1n) is 9.85. The predicted octanol–water partition coefficient (Wildman–Crippen LogP) is 2.83. The van der Waals surface area contributed by atoms with Gasteiger partial charge in [0, 0.05) is 29.6 Å². The molecule has 12 heteroatoms. The van der Waals surface area contributed by atoms with Crippen LogP contribution in [-0.4, -0.2) is 45.2 Å². The number of benzene rings is 2. The van der Waals surface area contributed by atoms with E-state index in [1.54, 1.807) is 30.3 Å². The monoisotopic (exact) mass is 484 g/mol. The van der Waals surface area contributed by atoms with Gasteiger partial charge in [-0.05, 0) is 42.5 Å². The number of sulfonamides is 1. The van der Waals surface area contributed by atoms with E-state index < -0.39 is 10.0 Å². The van der Waals surface area contributed by atoms with Gasteiger partial charge in [0.2, 0.25) is 12.7 Å². The van der Waals surface area contributed by atoms with Gasteiger partial charge in [0.05, 0.1) is 19.1 Å². The van der Waals surface area contributed by atoms with Crippen molar-refractivity contribution in [3.8, 4) is 23.4 Å². The minimum Gasteiger partial charge on any atom is -0.481 e. The maximum Gasteiger partial charge on any atom is 0.321 e. The van der Waals surface area contributed by atoms with E-state index in [0.717, 1.165) is 0 Å². The number of nitrogens with zero attached hydrogens (tertiary/aromatic N) is 2. The zero-order valence-electron chi connectivity index (χ0n) is 18.1. The Morgan fingerprint density at radius 2 is 1.76 bits per heavy atom. The molecule has 0 bridgehead atoms. The normalized spacial score (nSPS) is 12.4. The Hall–Kier alpha value is -4.32. The van der Waals surface area contributed by atoms with Gasteiger partial charge < -0.3 is 24.3 Å². The second kappa shape index (κ2) is 9.67. The summed E-state index contributed by atoms with van der Waals surface area (Å²) in [5.41, 5.74) is 1.03. The number of carbonyl (C=O) groups excluding carboxylic acids is 1. The van der Waals surface area contributed by atoms with Gasteiger partial charge in [-0.15, -0.1) is 0 Å². The number of fused-ring (bicyclic) bond motifs is 1. The molecule has 0 saturated heterocycles. The number of methoxy groups -OCH3 is 2. The first-order valence-corrected chi connectivity index (χ1v) is 11.3. The van der Waals surface area contributed by atoms with Crippen LogP contribution in [0.15, 0.2) is 65.7 Å². The molecule has 0 aliphatic carbocycles. The van der Waals surface area contributed by atoms with Crippen LogP contribution in [0.4, 0.5) is 11.5 Å². The van der Waals surface area contributed by atoms with Crippen LogP contribution in [0.5, 0.6) is 23.4 Å². The number of aromatic nitrogens is 2. The number of allylic oxidation sites excluding steroid dienone is 1. The average Bonchev–Trinajstić information content (AvgIpc) is 3.31. The quantitative estimate of drug-likeness (QED) is 0.344. The van der Waals surface area contributed by atoms with Crippen molar-refractivity contribution in [2.24, 2.45) is 0 Å². The van der Waals surface area contributed by atoms with Crippen LogP contribution in [0.25, 0.3) is 0 Å². The van der Waals surface area contributed by atoms with Crippen molar-refractivity contribution in [1.82, 2.24) is 9.97 Å². The minimum atomic E-state index is -3.93. The van der Waals surface area contributed by atoms with Crippen LogP contribution in [0.1, 0.15) is 10.4 Å². The number of ketones is 1. The molecule has 2 aromatic carbocycles. The van der Waals surface area contributed by atoms with E-state index in [0.29, 0.717) is 22.7 Å². The van der Waals surface area contributed by atoms with E-state index in [2.05, 4.69) is 20.0 Å². The summed E-state index contributed by atoms with van der Waals surface area (Å²) in [7, 11) is -1.18. The Morgan fingerprint density at radius 3 is 2.50 bits per heavy atom. The highest BCUT2D eigenvalue weighted by atomic mass is 32.2. The molecule has 4 rings (SSSR count). The lowest BCUT2D eigenvalue weighted by Gasteiger charge is -2.10. The smallest absolute Gasteiger partial charge is 0.321 e. The van der Waals surface area contributed by atoms with E-state index in [4.69, 9.17) is 18.9 Å². The third-order valence-corrected chi connectivity index (χ3v) is 5.99. The first-order chi connectivity index (χ1) is 16.4. The molecule has 0 fully saturated rings. The zero-order valence-corrected chi connectivity index (χ0v) is 19.0. The topological polar surface area (TPSA) is 138 Å². The van der Waals surface area contributed by atoms with Gasteiger partial charge in [-0.2, -0.15) is 9.97 Å². The summed E-state index contributed by atoms with van der Waals surface area (Å²) in [5.74, 6) is 1.03. The number of rotatable bonds is 9. The summed E-state index contributed by atoms with van der Waals surface area (Å²) in [4.78, 5) is 20.2. The number of anilines is 2. The Balaban J connectivity index is 1.40. The molecule has 176 valence electrons. The van der Waals surface area contributed by atoms with Crippen molar-refractivity contribution in [2.45, 2.75) is 4.90 Å². The summed E-state index contributed by atoms with van der Waals surface area (Å²) in [6.45, 7) is 0.132. The van der Waals surface area contributed by atoms with Crippen LogP contribution in [-0.2, 0) is 10.0 Å². The molecule has 0 radical (unpaired) electrons. The summed E-state index contributed by atoms with van der Waals surface area (Å²) in [6.07, 6.45) is 2.83.